The first kappa shape index (κ1) is 14.9. The summed E-state index contributed by atoms with van der Waals surface area (Å²) in [5.74, 6) is -0.526. The van der Waals surface area contributed by atoms with E-state index in [0.29, 0.717) is 34.8 Å². The van der Waals surface area contributed by atoms with Crippen LogP contribution in [0.2, 0.25) is 0 Å². The summed E-state index contributed by atoms with van der Waals surface area (Å²) in [6, 6.07) is 8.14. The Labute approximate surface area is 142 Å². The number of rotatable bonds is 2. The maximum Gasteiger partial charge on any atom is 0.265 e. The summed E-state index contributed by atoms with van der Waals surface area (Å²) in [7, 11) is 0. The zero-order valence-electron chi connectivity index (χ0n) is 12.7. The Hall–Kier alpha value is -2.67. The average Bonchev–Trinajstić information content (AvgIpc) is 3.25. The lowest BCUT2D eigenvalue weighted by Gasteiger charge is -2.20. The molecule has 4 rings (SSSR count). The van der Waals surface area contributed by atoms with Crippen molar-refractivity contribution in [1.82, 2.24) is 4.90 Å². The van der Waals surface area contributed by atoms with Crippen molar-refractivity contribution in [2.24, 2.45) is 0 Å². The number of carbonyl (C=O) groups is 3. The highest BCUT2D eigenvalue weighted by atomic mass is 32.1. The molecule has 2 N–H and O–H groups in total. The van der Waals surface area contributed by atoms with E-state index in [4.69, 9.17) is 0 Å². The quantitative estimate of drug-likeness (QED) is 0.881. The largest absolute Gasteiger partial charge is 0.327 e. The summed E-state index contributed by atoms with van der Waals surface area (Å²) in [6.07, 6.45) is 1.52. The van der Waals surface area contributed by atoms with Gasteiger partial charge in [-0.1, -0.05) is 6.07 Å². The van der Waals surface area contributed by atoms with Crippen molar-refractivity contribution in [2.75, 3.05) is 17.2 Å². The fourth-order valence-corrected chi connectivity index (χ4v) is 3.78. The minimum absolute atomic E-state index is 0.144. The number of benzene rings is 1. The number of thiophene rings is 1. The lowest BCUT2D eigenvalue weighted by Crippen LogP contribution is -2.40. The van der Waals surface area contributed by atoms with Gasteiger partial charge in [-0.3, -0.25) is 14.4 Å². The van der Waals surface area contributed by atoms with Crippen molar-refractivity contribution in [3.8, 4) is 0 Å². The second-order valence-electron chi connectivity index (χ2n) is 5.84. The van der Waals surface area contributed by atoms with E-state index in [1.54, 1.807) is 29.2 Å². The molecule has 0 aliphatic carbocycles. The summed E-state index contributed by atoms with van der Waals surface area (Å²) >= 11 is 1.35. The summed E-state index contributed by atoms with van der Waals surface area (Å²) in [5, 5.41) is 7.45. The molecule has 24 heavy (non-hydrogen) atoms. The molecule has 1 unspecified atom stereocenters. The van der Waals surface area contributed by atoms with E-state index in [9.17, 15) is 14.4 Å². The highest BCUT2D eigenvalue weighted by molar-refractivity contribution is 7.12. The Morgan fingerprint density at radius 2 is 2.17 bits per heavy atom. The molecular formula is C17H15N3O3S. The minimum Gasteiger partial charge on any atom is -0.327 e. The molecule has 0 spiro atoms. The van der Waals surface area contributed by atoms with Gasteiger partial charge in [-0.2, -0.15) is 0 Å². The standard InChI is InChI=1S/C17H15N3O3S/c21-15-13-3-1-7-20(13)17(23)11-9-10(5-6-12(11)19-15)18-16(22)14-4-2-8-24-14/h2,4-6,8-9,13H,1,3,7H2,(H,18,22)(H,19,21). The van der Waals surface area contributed by atoms with Gasteiger partial charge < -0.3 is 15.5 Å². The van der Waals surface area contributed by atoms with Crippen LogP contribution in [0.25, 0.3) is 0 Å². The number of nitrogens with zero attached hydrogens (tertiary/aromatic N) is 1. The molecule has 7 heteroatoms. The smallest absolute Gasteiger partial charge is 0.265 e. The fraction of sp³-hybridized carbons (Fsp3) is 0.235. The van der Waals surface area contributed by atoms with Crippen LogP contribution in [-0.4, -0.2) is 35.2 Å². The van der Waals surface area contributed by atoms with Crippen LogP contribution in [0.15, 0.2) is 35.7 Å². The van der Waals surface area contributed by atoms with Gasteiger partial charge in [0, 0.05) is 12.2 Å². The predicted octanol–water partition coefficient (Wildman–Crippen LogP) is 2.56. The third kappa shape index (κ3) is 2.46. The highest BCUT2D eigenvalue weighted by Crippen LogP contribution is 2.30. The van der Waals surface area contributed by atoms with Crippen LogP contribution in [0.1, 0.15) is 32.9 Å². The molecule has 6 nitrogen and oxygen atoms in total. The van der Waals surface area contributed by atoms with Crippen molar-refractivity contribution in [1.29, 1.82) is 0 Å². The molecule has 2 aliphatic heterocycles. The van der Waals surface area contributed by atoms with Gasteiger partial charge in [0.15, 0.2) is 0 Å². The molecule has 2 aliphatic rings. The normalized spacial score (nSPS) is 19.3. The van der Waals surface area contributed by atoms with E-state index >= 15 is 0 Å². The van der Waals surface area contributed by atoms with Crippen molar-refractivity contribution in [2.45, 2.75) is 18.9 Å². The molecule has 0 bridgehead atoms. The Balaban J connectivity index is 1.65. The van der Waals surface area contributed by atoms with Gasteiger partial charge in [-0.25, -0.2) is 0 Å². The number of amides is 3. The fourth-order valence-electron chi connectivity index (χ4n) is 3.16. The Morgan fingerprint density at radius 3 is 2.96 bits per heavy atom. The van der Waals surface area contributed by atoms with Crippen LogP contribution in [-0.2, 0) is 4.79 Å². The SMILES string of the molecule is O=C(Nc1ccc2c(c1)C(=O)N1CCCC1C(=O)N2)c1cccs1. The second kappa shape index (κ2) is 5.76. The van der Waals surface area contributed by atoms with Gasteiger partial charge >= 0.3 is 0 Å². The zero-order chi connectivity index (χ0) is 16.7. The Morgan fingerprint density at radius 1 is 1.29 bits per heavy atom. The van der Waals surface area contributed by atoms with Crippen LogP contribution in [0.5, 0.6) is 0 Å². The number of nitrogens with one attached hydrogen (secondary N) is 2. The molecule has 1 atom stereocenters. The highest BCUT2D eigenvalue weighted by Gasteiger charge is 2.38. The van der Waals surface area contributed by atoms with Gasteiger partial charge in [-0.15, -0.1) is 11.3 Å². The molecule has 1 aromatic heterocycles. The number of fused-ring (bicyclic) bond motifs is 2. The molecule has 122 valence electrons. The van der Waals surface area contributed by atoms with Gasteiger partial charge in [0.05, 0.1) is 16.1 Å². The maximum absolute atomic E-state index is 12.8. The minimum atomic E-state index is -0.394. The molecule has 2 aromatic rings. The van der Waals surface area contributed by atoms with Crippen molar-refractivity contribution >= 4 is 40.4 Å². The third-order valence-electron chi connectivity index (χ3n) is 4.33. The number of hydrogen-bond donors (Lipinski definition) is 2. The first-order chi connectivity index (χ1) is 11.6. The van der Waals surface area contributed by atoms with E-state index in [2.05, 4.69) is 10.6 Å². The maximum atomic E-state index is 12.8. The topological polar surface area (TPSA) is 78.5 Å². The Bertz CT molecular complexity index is 832. The van der Waals surface area contributed by atoms with Crippen molar-refractivity contribution in [3.05, 3.63) is 46.2 Å². The zero-order valence-corrected chi connectivity index (χ0v) is 13.6. The third-order valence-corrected chi connectivity index (χ3v) is 5.20. The molecule has 0 radical (unpaired) electrons. The van der Waals surface area contributed by atoms with Gasteiger partial charge in [-0.05, 0) is 42.5 Å². The van der Waals surface area contributed by atoms with Crippen LogP contribution in [0.4, 0.5) is 11.4 Å². The number of anilines is 2. The summed E-state index contributed by atoms with van der Waals surface area (Å²) in [4.78, 5) is 39.4. The van der Waals surface area contributed by atoms with Crippen LogP contribution >= 0.6 is 11.3 Å². The predicted molar refractivity (Wildman–Crippen MR) is 91.4 cm³/mol. The lowest BCUT2D eigenvalue weighted by molar-refractivity contribution is -0.119. The van der Waals surface area contributed by atoms with E-state index in [1.807, 2.05) is 11.4 Å². The van der Waals surface area contributed by atoms with Crippen LogP contribution in [0.3, 0.4) is 0 Å². The van der Waals surface area contributed by atoms with Gasteiger partial charge in [0.1, 0.15) is 6.04 Å². The first-order valence-electron chi connectivity index (χ1n) is 7.74. The van der Waals surface area contributed by atoms with E-state index in [-0.39, 0.29) is 17.7 Å². The van der Waals surface area contributed by atoms with Crippen molar-refractivity contribution < 1.29 is 14.4 Å². The van der Waals surface area contributed by atoms with Gasteiger partial charge in [0.2, 0.25) is 5.91 Å². The average molecular weight is 341 g/mol. The summed E-state index contributed by atoms with van der Waals surface area (Å²) in [6.45, 7) is 0.585. The summed E-state index contributed by atoms with van der Waals surface area (Å²) < 4.78 is 0. The number of carbonyl (C=O) groups excluding carboxylic acids is 3. The van der Waals surface area contributed by atoms with E-state index < -0.39 is 6.04 Å². The molecule has 3 amide bonds. The molecule has 1 aromatic carbocycles. The molecule has 1 fully saturated rings. The van der Waals surface area contributed by atoms with Crippen LogP contribution < -0.4 is 10.6 Å². The van der Waals surface area contributed by atoms with E-state index in [0.717, 1.165) is 6.42 Å². The number of hydrogen-bond acceptors (Lipinski definition) is 4. The van der Waals surface area contributed by atoms with Crippen molar-refractivity contribution in [3.63, 3.8) is 0 Å². The van der Waals surface area contributed by atoms with Gasteiger partial charge in [0.25, 0.3) is 11.8 Å². The summed E-state index contributed by atoms with van der Waals surface area (Å²) in [5.41, 5.74) is 1.44. The lowest BCUT2D eigenvalue weighted by atomic mass is 10.1. The molecular weight excluding hydrogens is 326 g/mol. The Kier molecular flexibility index (Phi) is 3.57. The molecule has 0 saturated carbocycles. The molecule has 1 saturated heterocycles. The van der Waals surface area contributed by atoms with E-state index in [1.165, 1.54) is 11.3 Å². The first-order valence-corrected chi connectivity index (χ1v) is 8.62. The molecule has 3 heterocycles. The van der Waals surface area contributed by atoms with Crippen LogP contribution in [0, 0.1) is 0 Å². The monoisotopic (exact) mass is 341 g/mol. The second-order valence-corrected chi connectivity index (χ2v) is 6.79.